The number of aryl methyl sites for hydroxylation is 2. The molecule has 1 N–H and O–H groups in total. The van der Waals surface area contributed by atoms with Crippen molar-refractivity contribution in [1.29, 1.82) is 0 Å². The van der Waals surface area contributed by atoms with Gasteiger partial charge in [-0.1, -0.05) is 19.9 Å². The number of amides is 1. The van der Waals surface area contributed by atoms with Gasteiger partial charge in [0.25, 0.3) is 11.5 Å². The van der Waals surface area contributed by atoms with Crippen LogP contribution in [0.25, 0.3) is 11.3 Å². The number of carbonyl (C=O) groups is 1. The molecule has 3 rings (SSSR count). The van der Waals surface area contributed by atoms with Gasteiger partial charge >= 0.3 is 0 Å². The molecule has 7 nitrogen and oxygen atoms in total. The van der Waals surface area contributed by atoms with E-state index in [1.807, 2.05) is 46.2 Å². The lowest BCUT2D eigenvalue weighted by atomic mass is 10.0. The zero-order chi connectivity index (χ0) is 20.4. The molecule has 1 atom stereocenters. The Kier molecular flexibility index (Phi) is 5.79. The zero-order valence-electron chi connectivity index (χ0n) is 16.8. The van der Waals surface area contributed by atoms with Gasteiger partial charge in [0.2, 0.25) is 0 Å². The van der Waals surface area contributed by atoms with Gasteiger partial charge in [0.15, 0.2) is 0 Å². The number of aromatic nitrogens is 4. The Morgan fingerprint density at radius 2 is 1.96 bits per heavy atom. The molecule has 0 unspecified atom stereocenters. The van der Waals surface area contributed by atoms with E-state index in [9.17, 15) is 9.59 Å². The smallest absolute Gasteiger partial charge is 0.266 e. The number of hydrogen-bond acceptors (Lipinski definition) is 5. The molecule has 0 aliphatic rings. The highest BCUT2D eigenvalue weighted by Gasteiger charge is 2.20. The fraction of sp³-hybridized carbons (Fsp3) is 0.400. The van der Waals surface area contributed by atoms with Crippen LogP contribution in [0.1, 0.15) is 34.9 Å². The van der Waals surface area contributed by atoms with E-state index in [2.05, 4.69) is 15.5 Å². The summed E-state index contributed by atoms with van der Waals surface area (Å²) in [6.45, 7) is 8.25. The summed E-state index contributed by atoms with van der Waals surface area (Å²) in [6.07, 6.45) is 0. The maximum absolute atomic E-state index is 12.5. The van der Waals surface area contributed by atoms with E-state index in [-0.39, 0.29) is 23.4 Å². The second kappa shape index (κ2) is 8.10. The number of hydrogen-bond donors (Lipinski definition) is 1. The highest BCUT2D eigenvalue weighted by molar-refractivity contribution is 7.12. The fourth-order valence-electron chi connectivity index (χ4n) is 3.11. The van der Waals surface area contributed by atoms with E-state index in [0.717, 1.165) is 17.0 Å². The van der Waals surface area contributed by atoms with Gasteiger partial charge in [-0.2, -0.15) is 10.2 Å². The van der Waals surface area contributed by atoms with Crippen LogP contribution in [0, 0.1) is 19.8 Å². The number of nitrogens with one attached hydrogen (secondary N) is 1. The number of nitrogens with zero attached hydrogens (tertiary/aromatic N) is 4. The summed E-state index contributed by atoms with van der Waals surface area (Å²) < 4.78 is 3.24. The molecule has 0 aromatic carbocycles. The Hall–Kier alpha value is -2.74. The summed E-state index contributed by atoms with van der Waals surface area (Å²) in [5.74, 6) is 0.0139. The molecule has 8 heteroatoms. The van der Waals surface area contributed by atoms with E-state index in [0.29, 0.717) is 17.1 Å². The first-order valence-electron chi connectivity index (χ1n) is 9.21. The van der Waals surface area contributed by atoms with Crippen molar-refractivity contribution in [2.24, 2.45) is 13.0 Å². The molecule has 0 saturated carbocycles. The molecule has 3 aromatic rings. The topological polar surface area (TPSA) is 81.8 Å². The van der Waals surface area contributed by atoms with Gasteiger partial charge in [-0.05, 0) is 37.3 Å². The summed E-state index contributed by atoms with van der Waals surface area (Å²) in [5, 5.41) is 13.9. The fourth-order valence-corrected chi connectivity index (χ4v) is 3.74. The third-order valence-electron chi connectivity index (χ3n) is 4.87. The van der Waals surface area contributed by atoms with Crippen LogP contribution in [0.5, 0.6) is 0 Å². The van der Waals surface area contributed by atoms with Gasteiger partial charge in [0, 0.05) is 24.4 Å². The van der Waals surface area contributed by atoms with Crippen LogP contribution in [0.15, 0.2) is 34.4 Å². The van der Waals surface area contributed by atoms with E-state index in [1.54, 1.807) is 16.8 Å². The van der Waals surface area contributed by atoms with Crippen LogP contribution in [-0.4, -0.2) is 31.5 Å². The first-order valence-corrected chi connectivity index (χ1v) is 10.1. The van der Waals surface area contributed by atoms with Gasteiger partial charge in [-0.3, -0.25) is 14.3 Å². The predicted octanol–water partition coefficient (Wildman–Crippen LogP) is 2.78. The summed E-state index contributed by atoms with van der Waals surface area (Å²) in [7, 11) is 1.89. The molecule has 28 heavy (non-hydrogen) atoms. The van der Waals surface area contributed by atoms with Crippen LogP contribution < -0.4 is 10.9 Å². The number of carbonyl (C=O) groups excluding carboxylic acids is 1. The molecule has 0 radical (unpaired) electrons. The Bertz CT molecular complexity index is 1030. The lowest BCUT2D eigenvalue weighted by Crippen LogP contribution is -2.43. The van der Waals surface area contributed by atoms with Crippen molar-refractivity contribution in [3.05, 3.63) is 56.3 Å². The van der Waals surface area contributed by atoms with E-state index in [1.165, 1.54) is 22.1 Å². The van der Waals surface area contributed by atoms with Gasteiger partial charge in [-0.15, -0.1) is 11.3 Å². The molecule has 0 spiro atoms. The van der Waals surface area contributed by atoms with Crippen molar-refractivity contribution in [1.82, 2.24) is 24.9 Å². The third-order valence-corrected chi connectivity index (χ3v) is 5.74. The third kappa shape index (κ3) is 4.06. The quantitative estimate of drug-likeness (QED) is 0.691. The van der Waals surface area contributed by atoms with Crippen LogP contribution in [0.3, 0.4) is 0 Å². The molecule has 3 heterocycles. The highest BCUT2D eigenvalue weighted by atomic mass is 32.1. The van der Waals surface area contributed by atoms with Crippen LogP contribution in [-0.2, 0) is 13.6 Å². The van der Waals surface area contributed by atoms with E-state index >= 15 is 0 Å². The van der Waals surface area contributed by atoms with Crippen LogP contribution in [0.2, 0.25) is 0 Å². The van der Waals surface area contributed by atoms with Crippen molar-refractivity contribution >= 4 is 17.2 Å². The molecular formula is C20H25N5O2S. The molecule has 0 saturated heterocycles. The maximum Gasteiger partial charge on any atom is 0.266 e. The van der Waals surface area contributed by atoms with Crippen LogP contribution >= 0.6 is 11.3 Å². The van der Waals surface area contributed by atoms with Crippen molar-refractivity contribution in [2.45, 2.75) is 40.3 Å². The monoisotopic (exact) mass is 399 g/mol. The van der Waals surface area contributed by atoms with Crippen molar-refractivity contribution in [3.8, 4) is 11.3 Å². The van der Waals surface area contributed by atoms with Gasteiger partial charge in [-0.25, -0.2) is 4.68 Å². The first-order chi connectivity index (χ1) is 13.3. The zero-order valence-corrected chi connectivity index (χ0v) is 17.6. The summed E-state index contributed by atoms with van der Waals surface area (Å²) in [6, 6.07) is 6.66. The molecule has 3 aromatic heterocycles. The van der Waals surface area contributed by atoms with Crippen molar-refractivity contribution in [3.63, 3.8) is 0 Å². The van der Waals surface area contributed by atoms with Gasteiger partial charge < -0.3 is 5.32 Å². The molecule has 0 fully saturated rings. The molecule has 1 amide bonds. The minimum absolute atomic E-state index is 0.128. The Labute approximate surface area is 168 Å². The number of rotatable bonds is 6. The van der Waals surface area contributed by atoms with Crippen LogP contribution in [0.4, 0.5) is 0 Å². The first kappa shape index (κ1) is 20.0. The van der Waals surface area contributed by atoms with Crippen molar-refractivity contribution < 1.29 is 4.79 Å². The standard InChI is InChI=1S/C20H25N5O2S/c1-12(2)16(21-20(27)17-7-6-10-28-17)11-25-18(26)9-8-15(23-25)19-13(3)22-24(5)14(19)4/h6-10,12,16H,11H2,1-5H3,(H,21,27)/t16-/m0/s1. The Morgan fingerprint density at radius 1 is 1.21 bits per heavy atom. The summed E-state index contributed by atoms with van der Waals surface area (Å²) in [4.78, 5) is 25.5. The molecule has 0 aliphatic carbocycles. The number of thiophene rings is 1. The lowest BCUT2D eigenvalue weighted by molar-refractivity contribution is 0.0923. The van der Waals surface area contributed by atoms with Crippen molar-refractivity contribution in [2.75, 3.05) is 0 Å². The highest BCUT2D eigenvalue weighted by Crippen LogP contribution is 2.23. The molecule has 148 valence electrons. The average Bonchev–Trinajstić information content (AvgIpc) is 3.25. The Morgan fingerprint density at radius 3 is 2.54 bits per heavy atom. The van der Waals surface area contributed by atoms with Gasteiger partial charge in [0.1, 0.15) is 0 Å². The minimum Gasteiger partial charge on any atom is -0.346 e. The summed E-state index contributed by atoms with van der Waals surface area (Å²) in [5.41, 5.74) is 3.29. The Balaban J connectivity index is 1.89. The van der Waals surface area contributed by atoms with Gasteiger partial charge in [0.05, 0.1) is 28.9 Å². The second-order valence-corrected chi connectivity index (χ2v) is 8.16. The van der Waals surface area contributed by atoms with E-state index < -0.39 is 0 Å². The maximum atomic E-state index is 12.5. The largest absolute Gasteiger partial charge is 0.346 e. The van der Waals surface area contributed by atoms with E-state index in [4.69, 9.17) is 0 Å². The minimum atomic E-state index is -0.217. The average molecular weight is 400 g/mol. The second-order valence-electron chi connectivity index (χ2n) is 7.21. The normalized spacial score (nSPS) is 12.4. The molecule has 0 aliphatic heterocycles. The SMILES string of the molecule is Cc1nn(C)c(C)c1-c1ccc(=O)n(C[C@H](NC(=O)c2cccs2)C(C)C)n1. The summed E-state index contributed by atoms with van der Waals surface area (Å²) >= 11 is 1.39. The lowest BCUT2D eigenvalue weighted by Gasteiger charge is -2.22. The molecular weight excluding hydrogens is 374 g/mol. The molecule has 0 bridgehead atoms. The predicted molar refractivity (Wildman–Crippen MR) is 111 cm³/mol.